The van der Waals surface area contributed by atoms with Gasteiger partial charge in [-0.15, -0.1) is 0 Å². The maximum atomic E-state index is 12.5. The number of likely N-dealkylation sites (N-methyl/N-ethyl adjacent to an activating group) is 1. The van der Waals surface area contributed by atoms with Crippen molar-refractivity contribution in [1.29, 1.82) is 0 Å². The first-order chi connectivity index (χ1) is 12.2. The molecule has 1 aliphatic heterocycles. The van der Waals surface area contributed by atoms with Crippen molar-refractivity contribution >= 4 is 11.7 Å². The predicted octanol–water partition coefficient (Wildman–Crippen LogP) is 1.55. The third kappa shape index (κ3) is 4.04. The van der Waals surface area contributed by atoms with Gasteiger partial charge in [0.25, 0.3) is 5.88 Å². The Kier molecular flexibility index (Phi) is 5.42. The summed E-state index contributed by atoms with van der Waals surface area (Å²) in [4.78, 5) is 29.2. The molecular weight excluding hydrogens is 318 g/mol. The van der Waals surface area contributed by atoms with Gasteiger partial charge in [0.1, 0.15) is 0 Å². The molecule has 0 bridgehead atoms. The number of amides is 1. The summed E-state index contributed by atoms with van der Waals surface area (Å²) in [6.45, 7) is 4.03. The van der Waals surface area contributed by atoms with Crippen molar-refractivity contribution in [3.8, 4) is 5.88 Å². The zero-order valence-corrected chi connectivity index (χ0v) is 14.6. The fraction of sp³-hybridized carbons (Fsp3) is 0.444. The third-order valence-electron chi connectivity index (χ3n) is 4.41. The maximum Gasteiger partial charge on any atom is 0.257 e. The molecule has 2 aromatic rings. The van der Waals surface area contributed by atoms with E-state index in [1.54, 1.807) is 24.8 Å². The number of hydrogen-bond donors (Lipinski definition) is 0. The van der Waals surface area contributed by atoms with Gasteiger partial charge in [-0.3, -0.25) is 9.78 Å². The summed E-state index contributed by atoms with van der Waals surface area (Å²) in [5.41, 5.74) is 0.932. The first-order valence-electron chi connectivity index (χ1n) is 8.52. The van der Waals surface area contributed by atoms with E-state index in [0.717, 1.165) is 30.9 Å². The molecule has 3 rings (SSSR count). The topological polar surface area (TPSA) is 71.5 Å². The molecule has 0 aliphatic carbocycles. The highest BCUT2D eigenvalue weighted by Crippen LogP contribution is 2.27. The van der Waals surface area contributed by atoms with Gasteiger partial charge in [0.15, 0.2) is 5.82 Å². The van der Waals surface area contributed by atoms with Gasteiger partial charge < -0.3 is 14.5 Å². The van der Waals surface area contributed by atoms with Crippen LogP contribution in [0.15, 0.2) is 36.9 Å². The molecule has 7 nitrogen and oxygen atoms in total. The van der Waals surface area contributed by atoms with Crippen molar-refractivity contribution in [1.82, 2.24) is 19.9 Å². The molecule has 1 aliphatic rings. The highest BCUT2D eigenvalue weighted by Gasteiger charge is 2.30. The second kappa shape index (κ2) is 7.92. The Bertz CT molecular complexity index is 710. The number of anilines is 1. The summed E-state index contributed by atoms with van der Waals surface area (Å²) >= 11 is 0. The van der Waals surface area contributed by atoms with E-state index in [1.807, 2.05) is 31.0 Å². The fourth-order valence-corrected chi connectivity index (χ4v) is 3.03. The van der Waals surface area contributed by atoms with Crippen molar-refractivity contribution in [2.75, 3.05) is 31.6 Å². The summed E-state index contributed by atoms with van der Waals surface area (Å²) in [5.74, 6) is 1.40. The Labute approximate surface area is 147 Å². The van der Waals surface area contributed by atoms with Crippen LogP contribution in [0.3, 0.4) is 0 Å². The molecule has 25 heavy (non-hydrogen) atoms. The zero-order valence-electron chi connectivity index (χ0n) is 14.6. The largest absolute Gasteiger partial charge is 0.475 e. The van der Waals surface area contributed by atoms with E-state index in [4.69, 9.17) is 4.74 Å². The van der Waals surface area contributed by atoms with E-state index in [2.05, 4.69) is 19.9 Å². The van der Waals surface area contributed by atoms with Gasteiger partial charge in [0.05, 0.1) is 19.1 Å². The Hall–Kier alpha value is -2.70. The zero-order chi connectivity index (χ0) is 17.6. The minimum atomic E-state index is 0.101. The van der Waals surface area contributed by atoms with Gasteiger partial charge in [-0.1, -0.05) is 6.07 Å². The van der Waals surface area contributed by atoms with Crippen molar-refractivity contribution in [2.45, 2.75) is 25.8 Å². The molecule has 7 heteroatoms. The molecule has 3 heterocycles. The van der Waals surface area contributed by atoms with Gasteiger partial charge >= 0.3 is 0 Å². The standard InChI is InChI=1S/C18H23N5O2/c1-3-25-18-17(20-8-9-21-18)23-10-6-15(13-23)22(2)16(24)11-14-5-4-7-19-12-14/h4-5,7-9,12,15H,3,6,10-11,13H2,1-2H3/t15-/m1/s1. The van der Waals surface area contributed by atoms with Crippen LogP contribution in [0.4, 0.5) is 5.82 Å². The summed E-state index contributed by atoms with van der Waals surface area (Å²) in [6, 6.07) is 3.93. The minimum absolute atomic E-state index is 0.101. The van der Waals surface area contributed by atoms with Gasteiger partial charge in [0, 0.05) is 44.9 Å². The van der Waals surface area contributed by atoms with Gasteiger partial charge in [-0.2, -0.15) is 0 Å². The first kappa shape index (κ1) is 17.1. The molecule has 0 radical (unpaired) electrons. The normalized spacial score (nSPS) is 16.7. The number of hydrogen-bond acceptors (Lipinski definition) is 6. The molecule has 1 amide bonds. The van der Waals surface area contributed by atoms with Crippen LogP contribution in [0.25, 0.3) is 0 Å². The lowest BCUT2D eigenvalue weighted by atomic mass is 10.1. The van der Waals surface area contributed by atoms with Crippen molar-refractivity contribution in [3.63, 3.8) is 0 Å². The molecule has 0 N–H and O–H groups in total. The first-order valence-corrected chi connectivity index (χ1v) is 8.52. The average Bonchev–Trinajstić information content (AvgIpc) is 3.12. The Morgan fingerprint density at radius 1 is 1.36 bits per heavy atom. The smallest absolute Gasteiger partial charge is 0.257 e. The highest BCUT2D eigenvalue weighted by atomic mass is 16.5. The lowest BCUT2D eigenvalue weighted by Gasteiger charge is -2.25. The molecule has 0 unspecified atom stereocenters. The number of ether oxygens (including phenoxy) is 1. The van der Waals surface area contributed by atoms with Crippen LogP contribution in [-0.4, -0.2) is 58.5 Å². The molecular formula is C18H23N5O2. The van der Waals surface area contributed by atoms with E-state index in [0.29, 0.717) is 18.9 Å². The monoisotopic (exact) mass is 341 g/mol. The molecule has 0 saturated carbocycles. The molecule has 0 spiro atoms. The van der Waals surface area contributed by atoms with E-state index in [9.17, 15) is 4.79 Å². The van der Waals surface area contributed by atoms with Crippen LogP contribution >= 0.6 is 0 Å². The molecule has 0 aromatic carbocycles. The van der Waals surface area contributed by atoms with Gasteiger partial charge in [0.2, 0.25) is 5.91 Å². The minimum Gasteiger partial charge on any atom is -0.475 e. The molecule has 132 valence electrons. The summed E-state index contributed by atoms with van der Waals surface area (Å²) in [6.07, 6.45) is 8.02. The van der Waals surface area contributed by atoms with Crippen LogP contribution in [-0.2, 0) is 11.2 Å². The molecule has 1 fully saturated rings. The van der Waals surface area contributed by atoms with E-state index in [1.165, 1.54) is 0 Å². The lowest BCUT2D eigenvalue weighted by Crippen LogP contribution is -2.40. The van der Waals surface area contributed by atoms with Crippen LogP contribution in [0.1, 0.15) is 18.9 Å². The van der Waals surface area contributed by atoms with Crippen molar-refractivity contribution in [3.05, 3.63) is 42.5 Å². The van der Waals surface area contributed by atoms with Crippen LogP contribution in [0.2, 0.25) is 0 Å². The third-order valence-corrected chi connectivity index (χ3v) is 4.41. The Balaban J connectivity index is 1.63. The van der Waals surface area contributed by atoms with Crippen molar-refractivity contribution < 1.29 is 9.53 Å². The number of pyridine rings is 1. The summed E-state index contributed by atoms with van der Waals surface area (Å²) in [5, 5.41) is 0. The molecule has 1 atom stereocenters. The maximum absolute atomic E-state index is 12.5. The summed E-state index contributed by atoms with van der Waals surface area (Å²) < 4.78 is 5.57. The number of rotatable bonds is 6. The Morgan fingerprint density at radius 2 is 2.20 bits per heavy atom. The lowest BCUT2D eigenvalue weighted by molar-refractivity contribution is -0.130. The predicted molar refractivity (Wildman–Crippen MR) is 94.5 cm³/mol. The SMILES string of the molecule is CCOc1nccnc1N1CC[C@@H](N(C)C(=O)Cc2cccnc2)C1. The molecule has 1 saturated heterocycles. The Morgan fingerprint density at radius 3 is 2.96 bits per heavy atom. The second-order valence-corrected chi connectivity index (χ2v) is 6.05. The van der Waals surface area contributed by atoms with Gasteiger partial charge in [-0.25, -0.2) is 9.97 Å². The summed E-state index contributed by atoms with van der Waals surface area (Å²) in [7, 11) is 1.87. The van der Waals surface area contributed by atoms with Crippen LogP contribution in [0.5, 0.6) is 5.88 Å². The number of carbonyl (C=O) groups excluding carboxylic acids is 1. The van der Waals surface area contributed by atoms with Gasteiger partial charge in [-0.05, 0) is 25.0 Å². The van der Waals surface area contributed by atoms with Crippen LogP contribution < -0.4 is 9.64 Å². The molecule has 2 aromatic heterocycles. The van der Waals surface area contributed by atoms with Crippen LogP contribution in [0, 0.1) is 0 Å². The van der Waals surface area contributed by atoms with E-state index >= 15 is 0 Å². The van der Waals surface area contributed by atoms with Crippen molar-refractivity contribution in [2.24, 2.45) is 0 Å². The number of carbonyl (C=O) groups is 1. The van der Waals surface area contributed by atoms with E-state index < -0.39 is 0 Å². The van der Waals surface area contributed by atoms with E-state index in [-0.39, 0.29) is 11.9 Å². The highest BCUT2D eigenvalue weighted by molar-refractivity contribution is 5.79. The fourth-order valence-electron chi connectivity index (χ4n) is 3.03. The number of aromatic nitrogens is 3. The second-order valence-electron chi connectivity index (χ2n) is 6.05. The quantitative estimate of drug-likeness (QED) is 0.794. The number of nitrogens with zero attached hydrogens (tertiary/aromatic N) is 5. The average molecular weight is 341 g/mol.